The van der Waals surface area contributed by atoms with Gasteiger partial charge in [0.25, 0.3) is 0 Å². The lowest BCUT2D eigenvalue weighted by atomic mass is 10.1. The SMILES string of the molecule is CC(C)Oc1cc(F)ccc1N1CCN(CCCN2C(=O)CC(CN(C)C3CC3)C2=O)CC1. The van der Waals surface area contributed by atoms with Gasteiger partial charge in [0, 0.05) is 57.8 Å². The average Bonchev–Trinajstić information content (AvgIpc) is 3.58. The number of halogens is 1. The first-order chi connectivity index (χ1) is 15.8. The van der Waals surface area contributed by atoms with Gasteiger partial charge in [-0.1, -0.05) is 0 Å². The molecule has 1 unspecified atom stereocenters. The van der Waals surface area contributed by atoms with E-state index in [4.69, 9.17) is 4.74 Å². The first-order valence-electron chi connectivity index (χ1n) is 12.3. The normalized spacial score (nSPS) is 22.2. The van der Waals surface area contributed by atoms with Crippen LogP contribution in [0.1, 0.15) is 39.5 Å². The van der Waals surface area contributed by atoms with Crippen LogP contribution in [-0.4, -0.2) is 91.5 Å². The van der Waals surface area contributed by atoms with Crippen LogP contribution in [0.2, 0.25) is 0 Å². The Balaban J connectivity index is 1.22. The van der Waals surface area contributed by atoms with Crippen molar-refractivity contribution in [3.8, 4) is 5.75 Å². The highest BCUT2D eigenvalue weighted by atomic mass is 19.1. The van der Waals surface area contributed by atoms with Gasteiger partial charge in [-0.25, -0.2) is 4.39 Å². The fourth-order valence-electron chi connectivity index (χ4n) is 4.90. The van der Waals surface area contributed by atoms with Crippen LogP contribution in [0, 0.1) is 11.7 Å². The summed E-state index contributed by atoms with van der Waals surface area (Å²) in [6.45, 7) is 9.37. The van der Waals surface area contributed by atoms with Crippen LogP contribution in [0.25, 0.3) is 0 Å². The van der Waals surface area contributed by atoms with Gasteiger partial charge in [0.2, 0.25) is 11.8 Å². The van der Waals surface area contributed by atoms with Gasteiger partial charge in [-0.05, 0) is 58.8 Å². The molecule has 1 aliphatic carbocycles. The zero-order valence-corrected chi connectivity index (χ0v) is 20.1. The first kappa shape index (κ1) is 24.0. The summed E-state index contributed by atoms with van der Waals surface area (Å²) in [5.74, 6) is 0.107. The lowest BCUT2D eigenvalue weighted by Crippen LogP contribution is -2.47. The van der Waals surface area contributed by atoms with Crippen molar-refractivity contribution in [1.29, 1.82) is 0 Å². The summed E-state index contributed by atoms with van der Waals surface area (Å²) >= 11 is 0. The molecule has 33 heavy (non-hydrogen) atoms. The predicted octanol–water partition coefficient (Wildman–Crippen LogP) is 2.59. The molecule has 1 atom stereocenters. The Morgan fingerprint density at radius 1 is 1.12 bits per heavy atom. The van der Waals surface area contributed by atoms with E-state index in [2.05, 4.69) is 21.7 Å². The third-order valence-corrected chi connectivity index (χ3v) is 6.87. The number of hydrogen-bond donors (Lipinski definition) is 0. The fraction of sp³-hybridized carbons (Fsp3) is 0.680. The lowest BCUT2D eigenvalue weighted by molar-refractivity contribution is -0.139. The van der Waals surface area contributed by atoms with E-state index in [1.54, 1.807) is 6.07 Å². The number of piperazine rings is 1. The Kier molecular flexibility index (Phi) is 7.54. The number of likely N-dealkylation sites (tertiary alicyclic amines) is 1. The van der Waals surface area contributed by atoms with Crippen molar-refractivity contribution in [2.24, 2.45) is 5.92 Å². The van der Waals surface area contributed by atoms with E-state index >= 15 is 0 Å². The molecule has 3 aliphatic rings. The number of amides is 2. The summed E-state index contributed by atoms with van der Waals surface area (Å²) in [7, 11) is 2.06. The number of rotatable bonds is 10. The molecule has 7 nitrogen and oxygen atoms in total. The Bertz CT molecular complexity index is 852. The number of nitrogens with zero attached hydrogens (tertiary/aromatic N) is 4. The minimum absolute atomic E-state index is 0.00584. The summed E-state index contributed by atoms with van der Waals surface area (Å²) in [4.78, 5) is 33.5. The van der Waals surface area contributed by atoms with Crippen molar-refractivity contribution < 1.29 is 18.7 Å². The Hall–Kier alpha value is -2.19. The maximum Gasteiger partial charge on any atom is 0.234 e. The van der Waals surface area contributed by atoms with Crippen molar-refractivity contribution in [2.75, 3.05) is 57.8 Å². The second kappa shape index (κ2) is 10.4. The van der Waals surface area contributed by atoms with Crippen molar-refractivity contribution in [3.05, 3.63) is 24.0 Å². The standard InChI is InChI=1S/C25H37FN4O3/c1-18(2)33-23-16-20(26)5-8-22(23)29-13-11-28(12-14-29)9-4-10-30-24(31)15-19(25(30)32)17-27(3)21-6-7-21/h5,8,16,18-19,21H,4,6-7,9-15,17H2,1-3H3. The third kappa shape index (κ3) is 6.03. The van der Waals surface area contributed by atoms with Gasteiger partial charge in [-0.15, -0.1) is 0 Å². The van der Waals surface area contributed by atoms with Crippen LogP contribution < -0.4 is 9.64 Å². The van der Waals surface area contributed by atoms with Crippen molar-refractivity contribution in [3.63, 3.8) is 0 Å². The Morgan fingerprint density at radius 3 is 2.52 bits per heavy atom. The topological polar surface area (TPSA) is 56.3 Å². The van der Waals surface area contributed by atoms with E-state index in [9.17, 15) is 14.0 Å². The average molecular weight is 461 g/mol. The van der Waals surface area contributed by atoms with Gasteiger partial charge in [0.15, 0.2) is 0 Å². The zero-order chi connectivity index (χ0) is 23.5. The highest BCUT2D eigenvalue weighted by Gasteiger charge is 2.40. The molecule has 8 heteroatoms. The van der Waals surface area contributed by atoms with Crippen molar-refractivity contribution in [1.82, 2.24) is 14.7 Å². The molecule has 1 saturated carbocycles. The number of anilines is 1. The number of carbonyl (C=O) groups is 2. The van der Waals surface area contributed by atoms with Gasteiger partial charge in [-0.2, -0.15) is 0 Å². The van der Waals surface area contributed by atoms with Crippen LogP contribution in [0.15, 0.2) is 18.2 Å². The highest BCUT2D eigenvalue weighted by molar-refractivity contribution is 6.03. The monoisotopic (exact) mass is 460 g/mol. The second-order valence-electron chi connectivity index (χ2n) is 9.92. The number of benzene rings is 1. The summed E-state index contributed by atoms with van der Waals surface area (Å²) < 4.78 is 19.5. The molecule has 1 aromatic rings. The van der Waals surface area contributed by atoms with Gasteiger partial charge < -0.3 is 14.5 Å². The minimum Gasteiger partial charge on any atom is -0.489 e. The number of ether oxygens (including phenoxy) is 1. The van der Waals surface area contributed by atoms with Gasteiger partial charge in [0.05, 0.1) is 17.7 Å². The largest absolute Gasteiger partial charge is 0.489 e. The van der Waals surface area contributed by atoms with Crippen molar-refractivity contribution in [2.45, 2.75) is 51.7 Å². The van der Waals surface area contributed by atoms with Crippen LogP contribution in [0.3, 0.4) is 0 Å². The molecule has 2 heterocycles. The molecule has 2 aliphatic heterocycles. The molecule has 0 N–H and O–H groups in total. The maximum atomic E-state index is 13.7. The predicted molar refractivity (Wildman–Crippen MR) is 126 cm³/mol. The molecule has 1 aromatic carbocycles. The first-order valence-corrected chi connectivity index (χ1v) is 12.3. The van der Waals surface area contributed by atoms with Crippen LogP contribution in [0.4, 0.5) is 10.1 Å². The molecule has 182 valence electrons. The van der Waals surface area contributed by atoms with E-state index in [0.717, 1.165) is 44.8 Å². The molecule has 4 rings (SSSR count). The lowest BCUT2D eigenvalue weighted by Gasteiger charge is -2.37. The zero-order valence-electron chi connectivity index (χ0n) is 20.1. The Labute approximate surface area is 196 Å². The molecule has 0 bridgehead atoms. The van der Waals surface area contributed by atoms with E-state index in [-0.39, 0.29) is 29.7 Å². The molecule has 2 saturated heterocycles. The maximum absolute atomic E-state index is 13.7. The molecular weight excluding hydrogens is 423 g/mol. The van der Waals surface area contributed by atoms with Crippen LogP contribution in [-0.2, 0) is 9.59 Å². The number of imide groups is 1. The second-order valence-corrected chi connectivity index (χ2v) is 9.92. The summed E-state index contributed by atoms with van der Waals surface area (Å²) in [6.07, 6.45) is 3.54. The summed E-state index contributed by atoms with van der Waals surface area (Å²) in [5.41, 5.74) is 0.931. The highest BCUT2D eigenvalue weighted by Crippen LogP contribution is 2.31. The third-order valence-electron chi connectivity index (χ3n) is 6.87. The molecule has 0 radical (unpaired) electrons. The summed E-state index contributed by atoms with van der Waals surface area (Å²) in [6, 6.07) is 5.34. The quantitative estimate of drug-likeness (QED) is 0.501. The summed E-state index contributed by atoms with van der Waals surface area (Å²) in [5, 5.41) is 0. The minimum atomic E-state index is -0.291. The molecular formula is C25H37FN4O3. The number of hydrogen-bond acceptors (Lipinski definition) is 6. The Morgan fingerprint density at radius 2 is 1.85 bits per heavy atom. The van der Waals surface area contributed by atoms with E-state index in [1.807, 2.05) is 13.8 Å². The van der Waals surface area contributed by atoms with Crippen molar-refractivity contribution >= 4 is 17.5 Å². The fourth-order valence-corrected chi connectivity index (χ4v) is 4.90. The molecule has 2 amide bonds. The number of carbonyl (C=O) groups excluding carboxylic acids is 2. The van der Waals surface area contributed by atoms with Gasteiger partial charge >= 0.3 is 0 Å². The van der Waals surface area contributed by atoms with Crippen LogP contribution in [0.5, 0.6) is 5.75 Å². The van der Waals surface area contributed by atoms with Gasteiger partial charge in [0.1, 0.15) is 11.6 Å². The molecule has 0 spiro atoms. The van der Waals surface area contributed by atoms with E-state index < -0.39 is 0 Å². The van der Waals surface area contributed by atoms with Crippen LogP contribution >= 0.6 is 0 Å². The molecule has 0 aromatic heterocycles. The molecule has 3 fully saturated rings. The van der Waals surface area contributed by atoms with Gasteiger partial charge in [-0.3, -0.25) is 19.4 Å². The van der Waals surface area contributed by atoms with E-state index in [1.165, 1.54) is 29.9 Å². The van der Waals surface area contributed by atoms with E-state index in [0.29, 0.717) is 31.3 Å². The smallest absolute Gasteiger partial charge is 0.234 e.